The predicted molar refractivity (Wildman–Crippen MR) is 79.3 cm³/mol. The van der Waals surface area contributed by atoms with Crippen LogP contribution in [0.3, 0.4) is 0 Å². The van der Waals surface area contributed by atoms with Crippen LogP contribution in [-0.4, -0.2) is 40.7 Å². The fourth-order valence-corrected chi connectivity index (χ4v) is 2.36. The number of aliphatic hydroxyl groups is 1. The van der Waals surface area contributed by atoms with E-state index in [0.717, 1.165) is 5.56 Å². The second kappa shape index (κ2) is 6.75. The van der Waals surface area contributed by atoms with E-state index in [0.29, 0.717) is 5.01 Å². The molecular weight excluding hydrogens is 293 g/mol. The zero-order chi connectivity index (χ0) is 15.4. The molecule has 2 aromatic rings. The molecular formula is C14H16FN3O2S. The number of rotatable bonds is 5. The van der Waals surface area contributed by atoms with Gasteiger partial charge in [-0.05, 0) is 31.2 Å². The molecule has 0 saturated carbocycles. The van der Waals surface area contributed by atoms with Gasteiger partial charge in [-0.25, -0.2) is 14.4 Å². The van der Waals surface area contributed by atoms with Gasteiger partial charge in [-0.3, -0.25) is 10.2 Å². The van der Waals surface area contributed by atoms with Gasteiger partial charge >= 0.3 is 0 Å². The number of halogens is 1. The number of carbonyl (C=O) groups is 1. The molecule has 1 aromatic carbocycles. The Labute approximate surface area is 126 Å². The fourth-order valence-electron chi connectivity index (χ4n) is 1.55. The first-order valence-electron chi connectivity index (χ1n) is 6.37. The van der Waals surface area contributed by atoms with Crippen molar-refractivity contribution >= 4 is 17.2 Å². The number of nitrogens with one attached hydrogen (secondary N) is 1. The van der Waals surface area contributed by atoms with Crippen LogP contribution in [0.25, 0.3) is 10.6 Å². The lowest BCUT2D eigenvalue weighted by atomic mass is 10.2. The SMILES string of the molecule is C[C@@H](CO)N(C)NC(=O)c1csc(-c2ccc(F)cc2)n1. The van der Waals surface area contributed by atoms with Crippen LogP contribution >= 0.6 is 11.3 Å². The number of benzene rings is 1. The van der Waals surface area contributed by atoms with E-state index >= 15 is 0 Å². The van der Waals surface area contributed by atoms with Crippen LogP contribution in [0.2, 0.25) is 0 Å². The summed E-state index contributed by atoms with van der Waals surface area (Å²) in [6.45, 7) is 1.72. The van der Waals surface area contributed by atoms with E-state index in [1.54, 1.807) is 31.5 Å². The quantitative estimate of drug-likeness (QED) is 0.828. The molecule has 1 aromatic heterocycles. The van der Waals surface area contributed by atoms with Crippen LogP contribution in [0.5, 0.6) is 0 Å². The van der Waals surface area contributed by atoms with Crippen molar-refractivity contribution in [3.63, 3.8) is 0 Å². The molecule has 0 radical (unpaired) electrons. The van der Waals surface area contributed by atoms with Gasteiger partial charge in [0.05, 0.1) is 6.61 Å². The van der Waals surface area contributed by atoms with Gasteiger partial charge in [0.1, 0.15) is 16.5 Å². The minimum absolute atomic E-state index is 0.0608. The average Bonchev–Trinajstić information content (AvgIpc) is 2.97. The first kappa shape index (κ1) is 15.6. The van der Waals surface area contributed by atoms with E-state index in [4.69, 9.17) is 5.11 Å². The van der Waals surface area contributed by atoms with Crippen molar-refractivity contribution < 1.29 is 14.3 Å². The van der Waals surface area contributed by atoms with Crippen molar-refractivity contribution in [1.29, 1.82) is 0 Å². The molecule has 1 heterocycles. The Morgan fingerprint density at radius 3 is 2.76 bits per heavy atom. The number of aromatic nitrogens is 1. The molecule has 0 unspecified atom stereocenters. The summed E-state index contributed by atoms with van der Waals surface area (Å²) in [5, 5.41) is 12.8. The molecule has 5 nitrogen and oxygen atoms in total. The highest BCUT2D eigenvalue weighted by Crippen LogP contribution is 2.23. The van der Waals surface area contributed by atoms with E-state index < -0.39 is 0 Å². The van der Waals surface area contributed by atoms with Crippen LogP contribution in [0.4, 0.5) is 4.39 Å². The molecule has 0 spiro atoms. The number of carbonyl (C=O) groups excluding carboxylic acids is 1. The number of thiazole rings is 1. The Kier molecular flexibility index (Phi) is 5.00. The summed E-state index contributed by atoms with van der Waals surface area (Å²) in [7, 11) is 1.67. The summed E-state index contributed by atoms with van der Waals surface area (Å²) in [4.78, 5) is 16.3. The highest BCUT2D eigenvalue weighted by atomic mass is 32.1. The lowest BCUT2D eigenvalue weighted by molar-refractivity contribution is 0.0690. The topological polar surface area (TPSA) is 65.5 Å². The molecule has 21 heavy (non-hydrogen) atoms. The van der Waals surface area contributed by atoms with Gasteiger partial charge in [0.2, 0.25) is 0 Å². The first-order valence-corrected chi connectivity index (χ1v) is 7.25. The summed E-state index contributed by atoms with van der Waals surface area (Å²) < 4.78 is 12.9. The van der Waals surface area contributed by atoms with Gasteiger partial charge in [0.25, 0.3) is 5.91 Å². The molecule has 0 saturated heterocycles. The average molecular weight is 309 g/mol. The third kappa shape index (κ3) is 3.84. The van der Waals surface area contributed by atoms with Gasteiger partial charge in [-0.2, -0.15) is 0 Å². The second-order valence-electron chi connectivity index (χ2n) is 4.63. The molecule has 2 N–H and O–H groups in total. The Morgan fingerprint density at radius 2 is 2.14 bits per heavy atom. The van der Waals surface area contributed by atoms with Gasteiger partial charge in [0.15, 0.2) is 0 Å². The van der Waals surface area contributed by atoms with Crippen molar-refractivity contribution in [3.05, 3.63) is 41.2 Å². The zero-order valence-corrected chi connectivity index (χ0v) is 12.5. The Bertz CT molecular complexity index is 615. The normalized spacial score (nSPS) is 12.4. The van der Waals surface area contributed by atoms with Crippen LogP contribution in [0, 0.1) is 5.82 Å². The first-order chi connectivity index (χ1) is 10.0. The van der Waals surface area contributed by atoms with Crippen molar-refractivity contribution in [2.45, 2.75) is 13.0 Å². The zero-order valence-electron chi connectivity index (χ0n) is 11.7. The Morgan fingerprint density at radius 1 is 1.48 bits per heavy atom. The minimum Gasteiger partial charge on any atom is -0.395 e. The summed E-state index contributed by atoms with van der Waals surface area (Å²) in [6, 6.07) is 5.76. The second-order valence-corrected chi connectivity index (χ2v) is 5.49. The number of amides is 1. The molecule has 0 aliphatic carbocycles. The molecule has 0 bridgehead atoms. The Hall–Kier alpha value is -1.83. The highest BCUT2D eigenvalue weighted by molar-refractivity contribution is 7.13. The van der Waals surface area contributed by atoms with Crippen molar-refractivity contribution in [1.82, 2.24) is 15.4 Å². The van der Waals surface area contributed by atoms with Crippen LogP contribution in [0.1, 0.15) is 17.4 Å². The number of hydrogen-bond donors (Lipinski definition) is 2. The van der Waals surface area contributed by atoms with E-state index in [9.17, 15) is 9.18 Å². The van der Waals surface area contributed by atoms with E-state index in [1.807, 2.05) is 0 Å². The predicted octanol–water partition coefficient (Wildman–Crippen LogP) is 1.91. The van der Waals surface area contributed by atoms with Crippen LogP contribution < -0.4 is 5.43 Å². The summed E-state index contributed by atoms with van der Waals surface area (Å²) in [6.07, 6.45) is 0. The van der Waals surface area contributed by atoms with Gasteiger partial charge in [-0.1, -0.05) is 0 Å². The lowest BCUT2D eigenvalue weighted by Crippen LogP contribution is -2.46. The molecule has 0 aliphatic heterocycles. The molecule has 112 valence electrons. The molecule has 0 aliphatic rings. The minimum atomic E-state index is -0.345. The third-order valence-corrected chi connectivity index (χ3v) is 3.92. The Balaban J connectivity index is 2.09. The monoisotopic (exact) mass is 309 g/mol. The van der Waals surface area contributed by atoms with Crippen molar-refractivity contribution in [3.8, 4) is 10.6 Å². The molecule has 7 heteroatoms. The highest BCUT2D eigenvalue weighted by Gasteiger charge is 2.15. The van der Waals surface area contributed by atoms with Gasteiger partial charge in [0, 0.05) is 24.0 Å². The molecule has 2 rings (SSSR count). The largest absolute Gasteiger partial charge is 0.395 e. The van der Waals surface area contributed by atoms with Crippen LogP contribution in [-0.2, 0) is 0 Å². The van der Waals surface area contributed by atoms with Gasteiger partial charge in [-0.15, -0.1) is 11.3 Å². The van der Waals surface area contributed by atoms with Crippen molar-refractivity contribution in [2.75, 3.05) is 13.7 Å². The maximum absolute atomic E-state index is 12.9. The number of aliphatic hydroxyl groups excluding tert-OH is 1. The van der Waals surface area contributed by atoms with E-state index in [-0.39, 0.29) is 30.1 Å². The smallest absolute Gasteiger partial charge is 0.285 e. The molecule has 0 fully saturated rings. The van der Waals surface area contributed by atoms with Crippen molar-refractivity contribution in [2.24, 2.45) is 0 Å². The fraction of sp³-hybridized carbons (Fsp3) is 0.286. The van der Waals surface area contributed by atoms with Gasteiger partial charge < -0.3 is 5.11 Å². The van der Waals surface area contributed by atoms with E-state index in [1.165, 1.54) is 28.5 Å². The number of hydrogen-bond acceptors (Lipinski definition) is 5. The lowest BCUT2D eigenvalue weighted by Gasteiger charge is -2.22. The number of hydrazine groups is 1. The summed E-state index contributed by atoms with van der Waals surface area (Å²) >= 11 is 1.32. The number of nitrogens with zero attached hydrogens (tertiary/aromatic N) is 2. The maximum atomic E-state index is 12.9. The molecule has 1 atom stereocenters. The molecule has 1 amide bonds. The summed E-state index contributed by atoms with van der Waals surface area (Å²) in [5.74, 6) is -0.657. The van der Waals surface area contributed by atoms with E-state index in [2.05, 4.69) is 10.4 Å². The summed E-state index contributed by atoms with van der Waals surface area (Å²) in [5.41, 5.74) is 3.69. The maximum Gasteiger partial charge on any atom is 0.285 e. The number of likely N-dealkylation sites (N-methyl/N-ethyl adjacent to an activating group) is 1. The standard InChI is InChI=1S/C14H16FN3O2S/c1-9(7-19)18(2)17-13(20)12-8-21-14(16-12)10-3-5-11(15)6-4-10/h3-6,8-9,19H,7H2,1-2H3,(H,17,20)/t9-/m0/s1. The third-order valence-electron chi connectivity index (χ3n) is 3.03. The van der Waals surface area contributed by atoms with Crippen LogP contribution in [0.15, 0.2) is 29.6 Å².